The van der Waals surface area contributed by atoms with Gasteiger partial charge in [0.15, 0.2) is 0 Å². The summed E-state index contributed by atoms with van der Waals surface area (Å²) in [4.78, 5) is 13.5. The fourth-order valence-electron chi connectivity index (χ4n) is 1.62. The number of hydrogen-bond donors (Lipinski definition) is 0. The van der Waals surface area contributed by atoms with Crippen LogP contribution in [0.3, 0.4) is 0 Å². The minimum atomic E-state index is -0.143. The average Bonchev–Trinajstić information content (AvgIpc) is 2.64. The molecule has 0 radical (unpaired) electrons. The molecule has 1 atom stereocenters. The molecule has 1 heterocycles. The summed E-state index contributed by atoms with van der Waals surface area (Å²) in [6.07, 6.45) is 2.11. The molecule has 0 aliphatic heterocycles. The molecule has 0 bridgehead atoms. The lowest BCUT2D eigenvalue weighted by Crippen LogP contribution is -2.31. The van der Waals surface area contributed by atoms with E-state index in [0.717, 1.165) is 17.9 Å². The van der Waals surface area contributed by atoms with E-state index in [1.54, 1.807) is 6.26 Å². The van der Waals surface area contributed by atoms with Crippen molar-refractivity contribution >= 4 is 5.97 Å². The third-order valence-corrected chi connectivity index (χ3v) is 2.91. The molecule has 0 N–H and O–H groups in total. The minimum absolute atomic E-state index is 0.143. The first-order chi connectivity index (χ1) is 8.04. The van der Waals surface area contributed by atoms with Gasteiger partial charge < -0.3 is 9.15 Å². The first-order valence-corrected chi connectivity index (χ1v) is 5.93. The zero-order valence-electron chi connectivity index (χ0n) is 11.0. The van der Waals surface area contributed by atoms with E-state index in [4.69, 9.17) is 9.15 Å². The van der Waals surface area contributed by atoms with E-state index >= 15 is 0 Å². The predicted octanol–water partition coefficient (Wildman–Crippen LogP) is 2.36. The van der Waals surface area contributed by atoms with Crippen LogP contribution in [0.15, 0.2) is 16.7 Å². The van der Waals surface area contributed by atoms with Gasteiger partial charge in [0.25, 0.3) is 0 Å². The molecule has 0 aliphatic carbocycles. The first kappa shape index (κ1) is 13.8. The highest BCUT2D eigenvalue weighted by Crippen LogP contribution is 2.13. The van der Waals surface area contributed by atoms with Crippen LogP contribution in [-0.4, -0.2) is 30.6 Å². The second-order valence-corrected chi connectivity index (χ2v) is 4.28. The maximum absolute atomic E-state index is 11.4. The molecule has 0 aromatic carbocycles. The van der Waals surface area contributed by atoms with Crippen LogP contribution in [0.1, 0.15) is 31.6 Å². The summed E-state index contributed by atoms with van der Waals surface area (Å²) in [7, 11) is 2.00. The maximum atomic E-state index is 11.4. The molecule has 1 aromatic rings. The van der Waals surface area contributed by atoms with Crippen LogP contribution < -0.4 is 0 Å². The van der Waals surface area contributed by atoms with E-state index in [2.05, 4.69) is 4.90 Å². The summed E-state index contributed by atoms with van der Waals surface area (Å²) < 4.78 is 10.2. The van der Waals surface area contributed by atoms with Gasteiger partial charge in [-0.15, -0.1) is 0 Å². The lowest BCUT2D eigenvalue weighted by Gasteiger charge is -2.23. The third-order valence-electron chi connectivity index (χ3n) is 2.91. The molecule has 0 amide bonds. The van der Waals surface area contributed by atoms with Gasteiger partial charge in [-0.05, 0) is 33.9 Å². The Morgan fingerprint density at radius 3 is 2.82 bits per heavy atom. The van der Waals surface area contributed by atoms with E-state index in [-0.39, 0.29) is 12.0 Å². The van der Waals surface area contributed by atoms with Crippen molar-refractivity contribution in [3.8, 4) is 0 Å². The van der Waals surface area contributed by atoms with Crippen molar-refractivity contribution in [1.82, 2.24) is 4.90 Å². The highest BCUT2D eigenvalue weighted by Gasteiger charge is 2.16. The second-order valence-electron chi connectivity index (χ2n) is 4.28. The minimum Gasteiger partial charge on any atom is -0.469 e. The summed E-state index contributed by atoms with van der Waals surface area (Å²) >= 11 is 0. The Balaban J connectivity index is 2.44. The summed E-state index contributed by atoms with van der Waals surface area (Å²) in [5.74, 6) is 0.788. The molecule has 17 heavy (non-hydrogen) atoms. The summed E-state index contributed by atoms with van der Waals surface area (Å²) in [6.45, 7) is 7.01. The van der Waals surface area contributed by atoms with Crippen LogP contribution in [-0.2, 0) is 16.1 Å². The Hall–Kier alpha value is -1.29. The monoisotopic (exact) mass is 239 g/mol. The van der Waals surface area contributed by atoms with Gasteiger partial charge in [0.1, 0.15) is 5.76 Å². The van der Waals surface area contributed by atoms with E-state index in [0.29, 0.717) is 13.0 Å². The van der Waals surface area contributed by atoms with Crippen LogP contribution in [0.2, 0.25) is 0 Å². The number of carbonyl (C=O) groups excluding carboxylic acids is 1. The molecule has 0 fully saturated rings. The number of aryl methyl sites for hydroxylation is 1. The van der Waals surface area contributed by atoms with E-state index < -0.39 is 0 Å². The van der Waals surface area contributed by atoms with Crippen molar-refractivity contribution in [2.75, 3.05) is 13.7 Å². The number of nitrogens with zero attached hydrogens (tertiary/aromatic N) is 1. The number of furan rings is 1. The van der Waals surface area contributed by atoms with Crippen molar-refractivity contribution in [1.29, 1.82) is 0 Å². The number of ether oxygens (including phenoxy) is 1. The molecule has 1 rings (SSSR count). The Morgan fingerprint density at radius 1 is 1.59 bits per heavy atom. The Kier molecular flexibility index (Phi) is 5.22. The predicted molar refractivity (Wildman–Crippen MR) is 65.6 cm³/mol. The van der Waals surface area contributed by atoms with Crippen LogP contribution >= 0.6 is 0 Å². The van der Waals surface area contributed by atoms with Gasteiger partial charge in [0.2, 0.25) is 0 Å². The molecule has 4 heteroatoms. The molecular weight excluding hydrogens is 218 g/mol. The lowest BCUT2D eigenvalue weighted by atomic mass is 10.2. The maximum Gasteiger partial charge on any atom is 0.307 e. The van der Waals surface area contributed by atoms with E-state index in [1.807, 2.05) is 33.9 Å². The molecule has 1 unspecified atom stereocenters. The van der Waals surface area contributed by atoms with Gasteiger partial charge in [0, 0.05) is 18.2 Å². The number of hydrogen-bond acceptors (Lipinski definition) is 4. The lowest BCUT2D eigenvalue weighted by molar-refractivity contribution is -0.144. The summed E-state index contributed by atoms with van der Waals surface area (Å²) in [5.41, 5.74) is 1.16. The fraction of sp³-hybridized carbons (Fsp3) is 0.615. The second kappa shape index (κ2) is 6.45. The van der Waals surface area contributed by atoms with Crippen LogP contribution in [0.4, 0.5) is 0 Å². The Morgan fingerprint density at radius 2 is 2.29 bits per heavy atom. The summed E-state index contributed by atoms with van der Waals surface area (Å²) in [6, 6.07) is 2.12. The highest BCUT2D eigenvalue weighted by atomic mass is 16.5. The quantitative estimate of drug-likeness (QED) is 0.715. The van der Waals surface area contributed by atoms with Crippen molar-refractivity contribution in [2.45, 2.75) is 39.8 Å². The van der Waals surface area contributed by atoms with Gasteiger partial charge in [-0.2, -0.15) is 0 Å². The third kappa shape index (κ3) is 4.23. The Labute approximate surface area is 103 Å². The number of rotatable bonds is 6. The zero-order chi connectivity index (χ0) is 12.8. The molecule has 1 aromatic heterocycles. The highest BCUT2D eigenvalue weighted by molar-refractivity contribution is 5.70. The van der Waals surface area contributed by atoms with Crippen LogP contribution in [0, 0.1) is 6.92 Å². The molecule has 0 saturated heterocycles. The largest absolute Gasteiger partial charge is 0.469 e. The average molecular weight is 239 g/mol. The molecule has 0 aliphatic rings. The van der Waals surface area contributed by atoms with Gasteiger partial charge >= 0.3 is 5.97 Å². The van der Waals surface area contributed by atoms with Gasteiger partial charge in [-0.1, -0.05) is 0 Å². The van der Waals surface area contributed by atoms with E-state index in [9.17, 15) is 4.79 Å². The van der Waals surface area contributed by atoms with Crippen molar-refractivity contribution in [3.05, 3.63) is 23.7 Å². The van der Waals surface area contributed by atoms with Gasteiger partial charge in [-0.3, -0.25) is 9.69 Å². The number of carbonyl (C=O) groups is 1. The molecular formula is C13H21NO3. The molecule has 96 valence electrons. The first-order valence-electron chi connectivity index (χ1n) is 5.93. The van der Waals surface area contributed by atoms with E-state index in [1.165, 1.54) is 0 Å². The van der Waals surface area contributed by atoms with Crippen molar-refractivity contribution < 1.29 is 13.9 Å². The molecule has 0 spiro atoms. The van der Waals surface area contributed by atoms with Crippen molar-refractivity contribution in [3.63, 3.8) is 0 Å². The Bertz CT molecular complexity index is 359. The molecule has 0 saturated carbocycles. The standard InChI is InChI=1S/C13H21NO3/c1-5-16-13(15)8-10(2)14(4)9-12-6-7-17-11(12)3/h6-7,10H,5,8-9H2,1-4H3. The van der Waals surface area contributed by atoms with Crippen molar-refractivity contribution in [2.24, 2.45) is 0 Å². The number of esters is 1. The normalized spacial score (nSPS) is 12.8. The van der Waals surface area contributed by atoms with Gasteiger partial charge in [0.05, 0.1) is 19.3 Å². The fourth-order valence-corrected chi connectivity index (χ4v) is 1.62. The zero-order valence-corrected chi connectivity index (χ0v) is 11.0. The smallest absolute Gasteiger partial charge is 0.307 e. The summed E-state index contributed by atoms with van der Waals surface area (Å²) in [5, 5.41) is 0. The topological polar surface area (TPSA) is 42.7 Å². The SMILES string of the molecule is CCOC(=O)CC(C)N(C)Cc1ccoc1C. The molecule has 4 nitrogen and oxygen atoms in total. The van der Waals surface area contributed by atoms with Crippen LogP contribution in [0.5, 0.6) is 0 Å². The van der Waals surface area contributed by atoms with Gasteiger partial charge in [-0.25, -0.2) is 0 Å². The van der Waals surface area contributed by atoms with Crippen LogP contribution in [0.25, 0.3) is 0 Å².